The summed E-state index contributed by atoms with van der Waals surface area (Å²) in [5, 5.41) is 11.5. The number of aromatic nitrogens is 2. The molecule has 5 rings (SSSR count). The molecule has 1 amide bonds. The van der Waals surface area contributed by atoms with Crippen molar-refractivity contribution in [2.45, 2.75) is 19.9 Å². The van der Waals surface area contributed by atoms with Gasteiger partial charge in [0.15, 0.2) is 5.76 Å². The van der Waals surface area contributed by atoms with Gasteiger partial charge in [-0.25, -0.2) is 4.98 Å². The van der Waals surface area contributed by atoms with Crippen molar-refractivity contribution in [3.05, 3.63) is 76.7 Å². The number of likely N-dealkylation sites (tertiary alicyclic amines) is 1. The normalized spacial score (nSPS) is 21.0. The van der Waals surface area contributed by atoms with E-state index in [1.165, 1.54) is 0 Å². The van der Waals surface area contributed by atoms with Crippen molar-refractivity contribution in [2.75, 3.05) is 39.4 Å². The van der Waals surface area contributed by atoms with Gasteiger partial charge in [-0.2, -0.15) is 0 Å². The van der Waals surface area contributed by atoms with Crippen LogP contribution in [0.25, 0.3) is 11.4 Å². The zero-order valence-electron chi connectivity index (χ0n) is 19.4. The third-order valence-electron chi connectivity index (χ3n) is 6.66. The average molecular weight is 461 g/mol. The van der Waals surface area contributed by atoms with E-state index in [1.807, 2.05) is 55.6 Å². The smallest absolute Gasteiger partial charge is 0.295 e. The van der Waals surface area contributed by atoms with Crippen molar-refractivity contribution in [3.8, 4) is 0 Å². The van der Waals surface area contributed by atoms with Gasteiger partial charge in [0.05, 0.1) is 30.5 Å². The zero-order chi connectivity index (χ0) is 23.8. The number of aryl methyl sites for hydroxylation is 2. The molecule has 0 aliphatic carbocycles. The number of nitrogens with zero attached hydrogens (tertiary/aromatic N) is 4. The number of carbonyl (C=O) groups excluding carboxylic acids is 2. The van der Waals surface area contributed by atoms with E-state index in [4.69, 9.17) is 4.74 Å². The van der Waals surface area contributed by atoms with E-state index in [2.05, 4.69) is 9.88 Å². The summed E-state index contributed by atoms with van der Waals surface area (Å²) in [5.74, 6) is -1.46. The van der Waals surface area contributed by atoms with Crippen LogP contribution in [0.2, 0.25) is 0 Å². The molecule has 8 heteroatoms. The summed E-state index contributed by atoms with van der Waals surface area (Å²) in [6.07, 6.45) is 1.81. The molecule has 0 bridgehead atoms. The van der Waals surface area contributed by atoms with Crippen molar-refractivity contribution in [1.29, 1.82) is 0 Å². The fourth-order valence-corrected chi connectivity index (χ4v) is 4.90. The van der Waals surface area contributed by atoms with Crippen molar-refractivity contribution in [1.82, 2.24) is 19.2 Å². The van der Waals surface area contributed by atoms with Crippen molar-refractivity contribution in [2.24, 2.45) is 0 Å². The Morgan fingerprint density at radius 2 is 1.79 bits per heavy atom. The minimum atomic E-state index is -0.671. The summed E-state index contributed by atoms with van der Waals surface area (Å²) < 4.78 is 7.20. The highest BCUT2D eigenvalue weighted by Gasteiger charge is 2.46. The first-order chi connectivity index (χ1) is 16.5. The number of morpholine rings is 1. The van der Waals surface area contributed by atoms with Gasteiger partial charge < -0.3 is 14.7 Å². The first kappa shape index (κ1) is 22.3. The van der Waals surface area contributed by atoms with Crippen LogP contribution < -0.4 is 0 Å². The highest BCUT2D eigenvalue weighted by atomic mass is 16.5. The molecule has 2 fully saturated rings. The van der Waals surface area contributed by atoms with E-state index >= 15 is 0 Å². The second-order valence-electron chi connectivity index (χ2n) is 8.79. The monoisotopic (exact) mass is 460 g/mol. The fraction of sp³-hybridized carbons (Fsp3) is 0.346. The summed E-state index contributed by atoms with van der Waals surface area (Å²) in [6, 6.07) is 12.6. The number of hydrogen-bond acceptors (Lipinski definition) is 6. The summed E-state index contributed by atoms with van der Waals surface area (Å²) in [5.41, 5.74) is 3.58. The molecule has 1 N–H and O–H groups in total. The number of ether oxygens (including phenoxy) is 1. The van der Waals surface area contributed by atoms with Crippen LogP contribution in [0.15, 0.2) is 54.2 Å². The van der Waals surface area contributed by atoms with E-state index in [9.17, 15) is 14.7 Å². The number of rotatable bonds is 5. The van der Waals surface area contributed by atoms with Crippen LogP contribution in [-0.4, -0.2) is 75.4 Å². The largest absolute Gasteiger partial charge is 0.505 e. The Labute approximate surface area is 198 Å². The molecule has 0 spiro atoms. The number of amides is 1. The van der Waals surface area contributed by atoms with E-state index < -0.39 is 17.7 Å². The maximum atomic E-state index is 13.3. The molecule has 0 unspecified atom stereocenters. The maximum absolute atomic E-state index is 13.3. The number of carbonyl (C=O) groups is 2. The molecule has 2 aliphatic heterocycles. The van der Waals surface area contributed by atoms with Crippen molar-refractivity contribution in [3.63, 3.8) is 0 Å². The van der Waals surface area contributed by atoms with Gasteiger partial charge in [0, 0.05) is 32.4 Å². The Morgan fingerprint density at radius 1 is 1.06 bits per heavy atom. The number of aliphatic hydroxyl groups is 1. The first-order valence-corrected chi connectivity index (χ1v) is 11.6. The predicted octanol–water partition coefficient (Wildman–Crippen LogP) is 2.71. The van der Waals surface area contributed by atoms with E-state index in [1.54, 1.807) is 16.2 Å². The Hall–Kier alpha value is -3.49. The Bertz CT molecular complexity index is 1270. The van der Waals surface area contributed by atoms with Crippen molar-refractivity contribution < 1.29 is 19.4 Å². The maximum Gasteiger partial charge on any atom is 0.295 e. The molecule has 0 saturated carbocycles. The van der Waals surface area contributed by atoms with Crippen LogP contribution in [0.1, 0.15) is 28.6 Å². The van der Waals surface area contributed by atoms with Gasteiger partial charge in [-0.3, -0.25) is 18.9 Å². The Morgan fingerprint density at radius 3 is 2.53 bits per heavy atom. The lowest BCUT2D eigenvalue weighted by Gasteiger charge is -2.31. The number of hydrogen-bond donors (Lipinski definition) is 1. The number of aliphatic hydroxyl groups excluding tert-OH is 1. The Kier molecular flexibility index (Phi) is 5.93. The van der Waals surface area contributed by atoms with Crippen LogP contribution in [0.5, 0.6) is 0 Å². The minimum absolute atomic E-state index is 0.101. The number of pyridine rings is 1. The van der Waals surface area contributed by atoms with Gasteiger partial charge in [-0.15, -0.1) is 0 Å². The van der Waals surface area contributed by atoms with Crippen LogP contribution in [0, 0.1) is 13.8 Å². The van der Waals surface area contributed by atoms with E-state index in [0.29, 0.717) is 43.3 Å². The topological polar surface area (TPSA) is 87.4 Å². The van der Waals surface area contributed by atoms with E-state index in [-0.39, 0.29) is 11.3 Å². The summed E-state index contributed by atoms with van der Waals surface area (Å²) >= 11 is 0. The molecular weight excluding hydrogens is 432 g/mol. The second kappa shape index (κ2) is 9.04. The summed E-state index contributed by atoms with van der Waals surface area (Å²) in [6.45, 7) is 7.66. The highest BCUT2D eigenvalue weighted by molar-refractivity contribution is 6.46. The number of benzene rings is 1. The molecule has 1 aromatic carbocycles. The molecule has 3 aromatic rings. The van der Waals surface area contributed by atoms with Crippen LogP contribution >= 0.6 is 0 Å². The zero-order valence-corrected chi connectivity index (χ0v) is 19.4. The van der Waals surface area contributed by atoms with Gasteiger partial charge in [-0.05, 0) is 31.0 Å². The SMILES string of the molecule is Cc1nc2c(C)cccn2c1/C(O)=C1\C(=O)C(=O)N(CCN2CCOCC2)[C@@H]1c1ccccc1. The lowest BCUT2D eigenvalue weighted by atomic mass is 9.96. The molecule has 2 aliphatic rings. The lowest BCUT2D eigenvalue weighted by Crippen LogP contribution is -2.42. The Balaban J connectivity index is 1.61. The molecule has 8 nitrogen and oxygen atoms in total. The molecule has 0 radical (unpaired) electrons. The third-order valence-corrected chi connectivity index (χ3v) is 6.66. The number of ketones is 1. The van der Waals surface area contributed by atoms with Gasteiger partial charge >= 0.3 is 0 Å². The van der Waals surface area contributed by atoms with Crippen LogP contribution in [0.3, 0.4) is 0 Å². The number of imidazole rings is 1. The summed E-state index contributed by atoms with van der Waals surface area (Å²) in [4.78, 5) is 35.0. The highest BCUT2D eigenvalue weighted by Crippen LogP contribution is 2.39. The first-order valence-electron chi connectivity index (χ1n) is 11.6. The quantitative estimate of drug-likeness (QED) is 0.358. The average Bonchev–Trinajstić information content (AvgIpc) is 3.33. The molecule has 34 heavy (non-hydrogen) atoms. The molecule has 2 aromatic heterocycles. The summed E-state index contributed by atoms with van der Waals surface area (Å²) in [7, 11) is 0. The van der Waals surface area contributed by atoms with Gasteiger partial charge in [0.2, 0.25) is 0 Å². The van der Waals surface area contributed by atoms with Crippen LogP contribution in [0.4, 0.5) is 0 Å². The number of Topliss-reactive ketones (excluding diaryl/α,β-unsaturated/α-hetero) is 1. The van der Waals surface area contributed by atoms with Crippen molar-refractivity contribution >= 4 is 23.1 Å². The number of fused-ring (bicyclic) bond motifs is 1. The minimum Gasteiger partial charge on any atom is -0.505 e. The molecular formula is C26H28N4O4. The standard InChI is InChI=1S/C26H28N4O4/c1-17-7-6-10-29-21(18(2)27-25(17)29)23(31)20-22(19-8-4-3-5-9-19)30(26(33)24(20)32)12-11-28-13-15-34-16-14-28/h3-10,22,31H,11-16H2,1-2H3/b23-20+/t22-/m1/s1. The second-order valence-corrected chi connectivity index (χ2v) is 8.79. The van der Waals surface area contributed by atoms with E-state index in [0.717, 1.165) is 24.2 Å². The van der Waals surface area contributed by atoms with Gasteiger partial charge in [0.25, 0.3) is 11.7 Å². The molecule has 176 valence electrons. The molecule has 4 heterocycles. The molecule has 2 saturated heterocycles. The lowest BCUT2D eigenvalue weighted by molar-refractivity contribution is -0.140. The fourth-order valence-electron chi connectivity index (χ4n) is 4.90. The van der Waals surface area contributed by atoms with Crippen LogP contribution in [-0.2, 0) is 14.3 Å². The third kappa shape index (κ3) is 3.78. The molecule has 1 atom stereocenters. The predicted molar refractivity (Wildman–Crippen MR) is 127 cm³/mol. The van der Waals surface area contributed by atoms with Gasteiger partial charge in [-0.1, -0.05) is 36.4 Å². The van der Waals surface area contributed by atoms with Gasteiger partial charge in [0.1, 0.15) is 11.3 Å².